The molecule has 0 saturated heterocycles. The van der Waals surface area contributed by atoms with Crippen LogP contribution in [0.1, 0.15) is 17.3 Å². The highest BCUT2D eigenvalue weighted by Gasteiger charge is 2.15. The van der Waals surface area contributed by atoms with Gasteiger partial charge in [-0.3, -0.25) is 5.21 Å². The molecule has 1 aromatic carbocycles. The zero-order valence-corrected chi connectivity index (χ0v) is 10.5. The number of methoxy groups -OCH3 is 1. The number of rotatable bonds is 3. The fraction of sp³-hybridized carbons (Fsp3) is 0.250. The molecule has 0 aromatic heterocycles. The number of nitrogens with one attached hydrogen (secondary N) is 1. The molecule has 7 heteroatoms. The van der Waals surface area contributed by atoms with Gasteiger partial charge in [-0.1, -0.05) is 12.1 Å². The number of esters is 2. The van der Waals surface area contributed by atoms with Crippen molar-refractivity contribution in [3.63, 3.8) is 0 Å². The number of hydrogen-bond donors (Lipinski definition) is 2. The smallest absolute Gasteiger partial charge is 0.376 e. The van der Waals surface area contributed by atoms with Crippen molar-refractivity contribution in [2.45, 2.75) is 6.92 Å². The number of benzene rings is 1. The first-order valence-corrected chi connectivity index (χ1v) is 5.47. The minimum Gasteiger partial charge on any atom is -0.465 e. The topological polar surface area (TPSA) is 97.2 Å². The third kappa shape index (κ3) is 3.78. The van der Waals surface area contributed by atoms with Gasteiger partial charge >= 0.3 is 11.9 Å². The molecule has 7 nitrogen and oxygen atoms in total. The van der Waals surface area contributed by atoms with E-state index in [0.717, 1.165) is 0 Å². The van der Waals surface area contributed by atoms with Gasteiger partial charge in [0.05, 0.1) is 25.0 Å². The average molecular weight is 266 g/mol. The van der Waals surface area contributed by atoms with Gasteiger partial charge in [-0.05, 0) is 19.1 Å². The van der Waals surface area contributed by atoms with E-state index in [9.17, 15) is 9.59 Å². The van der Waals surface area contributed by atoms with Crippen LogP contribution in [-0.4, -0.2) is 36.7 Å². The van der Waals surface area contributed by atoms with E-state index in [4.69, 9.17) is 5.21 Å². The van der Waals surface area contributed by atoms with Crippen molar-refractivity contribution in [3.8, 4) is 0 Å². The lowest BCUT2D eigenvalue weighted by molar-refractivity contribution is -0.135. The molecule has 0 amide bonds. The van der Waals surface area contributed by atoms with Crippen molar-refractivity contribution in [2.24, 2.45) is 4.99 Å². The molecule has 0 heterocycles. The van der Waals surface area contributed by atoms with Crippen LogP contribution in [0.2, 0.25) is 0 Å². The average Bonchev–Trinajstić information content (AvgIpc) is 2.44. The van der Waals surface area contributed by atoms with E-state index in [-0.39, 0.29) is 17.9 Å². The van der Waals surface area contributed by atoms with Crippen molar-refractivity contribution in [3.05, 3.63) is 29.8 Å². The minimum atomic E-state index is -0.829. The molecule has 0 radical (unpaired) electrons. The summed E-state index contributed by atoms with van der Waals surface area (Å²) in [5.41, 5.74) is 1.99. The van der Waals surface area contributed by atoms with Crippen molar-refractivity contribution >= 4 is 23.5 Å². The molecule has 0 aliphatic rings. The summed E-state index contributed by atoms with van der Waals surface area (Å²) in [4.78, 5) is 26.8. The number of hydrogen-bond acceptors (Lipinski definition) is 6. The lowest BCUT2D eigenvalue weighted by atomic mass is 10.2. The molecule has 0 bridgehead atoms. The van der Waals surface area contributed by atoms with Gasteiger partial charge in [-0.25, -0.2) is 20.1 Å². The van der Waals surface area contributed by atoms with Crippen LogP contribution >= 0.6 is 0 Å². The fourth-order valence-corrected chi connectivity index (χ4v) is 1.29. The molecule has 0 unspecified atom stereocenters. The predicted molar refractivity (Wildman–Crippen MR) is 66.4 cm³/mol. The summed E-state index contributed by atoms with van der Waals surface area (Å²) in [6, 6.07) is 6.25. The molecular formula is C12H14N2O5. The van der Waals surface area contributed by atoms with Crippen molar-refractivity contribution in [2.75, 3.05) is 13.7 Å². The van der Waals surface area contributed by atoms with E-state index >= 15 is 0 Å². The highest BCUT2D eigenvalue weighted by atomic mass is 16.5. The van der Waals surface area contributed by atoms with Gasteiger partial charge in [0.25, 0.3) is 0 Å². The van der Waals surface area contributed by atoms with Gasteiger partial charge in [-0.15, -0.1) is 0 Å². The summed E-state index contributed by atoms with van der Waals surface area (Å²) in [5, 5.41) is 8.87. The lowest BCUT2D eigenvalue weighted by Crippen LogP contribution is -2.30. The van der Waals surface area contributed by atoms with Crippen LogP contribution in [-0.2, 0) is 14.3 Å². The Morgan fingerprint density at radius 1 is 1.37 bits per heavy atom. The molecular weight excluding hydrogens is 252 g/mol. The number of amidine groups is 1. The van der Waals surface area contributed by atoms with E-state index < -0.39 is 17.8 Å². The van der Waals surface area contributed by atoms with Gasteiger partial charge in [0.2, 0.25) is 5.84 Å². The highest BCUT2D eigenvalue weighted by Crippen LogP contribution is 2.19. The Labute approximate surface area is 109 Å². The Bertz CT molecular complexity index is 499. The van der Waals surface area contributed by atoms with Crippen LogP contribution in [0.3, 0.4) is 0 Å². The number of nitrogens with zero attached hydrogens (tertiary/aromatic N) is 1. The second kappa shape index (κ2) is 7.12. The summed E-state index contributed by atoms with van der Waals surface area (Å²) < 4.78 is 9.28. The van der Waals surface area contributed by atoms with Gasteiger partial charge in [0.1, 0.15) is 0 Å². The second-order valence-corrected chi connectivity index (χ2v) is 3.30. The highest BCUT2D eigenvalue weighted by molar-refractivity contribution is 6.35. The Hall–Kier alpha value is -2.41. The quantitative estimate of drug-likeness (QED) is 0.367. The monoisotopic (exact) mass is 266 g/mol. The van der Waals surface area contributed by atoms with Crippen LogP contribution in [0.15, 0.2) is 29.3 Å². The number of aliphatic imine (C=N–C) groups is 1. The first-order chi connectivity index (χ1) is 9.13. The second-order valence-electron chi connectivity index (χ2n) is 3.30. The van der Waals surface area contributed by atoms with Gasteiger partial charge in [-0.2, -0.15) is 0 Å². The summed E-state index contributed by atoms with van der Waals surface area (Å²) in [6.45, 7) is 1.76. The molecule has 0 saturated carbocycles. The van der Waals surface area contributed by atoms with Crippen molar-refractivity contribution in [1.29, 1.82) is 0 Å². The molecule has 0 aliphatic heterocycles. The van der Waals surface area contributed by atoms with E-state index in [1.807, 2.05) is 0 Å². The Kier molecular flexibility index (Phi) is 5.49. The molecule has 1 aromatic rings. The van der Waals surface area contributed by atoms with Crippen LogP contribution in [0.5, 0.6) is 0 Å². The molecule has 0 spiro atoms. The maximum absolute atomic E-state index is 11.5. The third-order valence-electron chi connectivity index (χ3n) is 2.12. The van der Waals surface area contributed by atoms with Crippen LogP contribution < -0.4 is 5.48 Å². The number of para-hydroxylation sites is 1. The van der Waals surface area contributed by atoms with E-state index in [2.05, 4.69) is 14.5 Å². The van der Waals surface area contributed by atoms with Crippen LogP contribution in [0.25, 0.3) is 0 Å². The van der Waals surface area contributed by atoms with E-state index in [0.29, 0.717) is 0 Å². The van der Waals surface area contributed by atoms with Crippen LogP contribution in [0, 0.1) is 0 Å². The van der Waals surface area contributed by atoms with Crippen molar-refractivity contribution < 1.29 is 24.3 Å². The maximum atomic E-state index is 11.5. The third-order valence-corrected chi connectivity index (χ3v) is 2.12. The summed E-state index contributed by atoms with van der Waals surface area (Å²) in [5.74, 6) is -1.84. The molecule has 19 heavy (non-hydrogen) atoms. The minimum absolute atomic E-state index is 0.137. The molecule has 0 fully saturated rings. The number of ether oxygens (including phenoxy) is 2. The zero-order chi connectivity index (χ0) is 14.3. The van der Waals surface area contributed by atoms with Crippen LogP contribution in [0.4, 0.5) is 5.69 Å². The summed E-state index contributed by atoms with van der Waals surface area (Å²) in [7, 11) is 1.24. The van der Waals surface area contributed by atoms with Gasteiger partial charge in [0, 0.05) is 0 Å². The lowest BCUT2D eigenvalue weighted by Gasteiger charge is -2.06. The standard InChI is InChI=1S/C12H14N2O5/c1-3-19-12(16)10(14-17)13-9-7-5-4-6-8(9)11(15)18-2/h4-7,17H,3H2,1-2H3,(H,13,14). The fourth-order valence-electron chi connectivity index (χ4n) is 1.29. The molecule has 1 rings (SSSR count). The first-order valence-electron chi connectivity index (χ1n) is 5.47. The van der Waals surface area contributed by atoms with E-state index in [1.54, 1.807) is 24.5 Å². The normalized spacial score (nSPS) is 10.8. The number of hydroxylamine groups is 1. The molecule has 0 aliphatic carbocycles. The largest absolute Gasteiger partial charge is 0.465 e. The Morgan fingerprint density at radius 2 is 2.05 bits per heavy atom. The SMILES string of the molecule is CCOC(=O)C(=Nc1ccccc1C(=O)OC)NO. The number of carbonyl (C=O) groups is 2. The Balaban J connectivity index is 3.15. The van der Waals surface area contributed by atoms with Gasteiger partial charge < -0.3 is 9.47 Å². The Morgan fingerprint density at radius 3 is 2.63 bits per heavy atom. The molecule has 102 valence electrons. The van der Waals surface area contributed by atoms with Gasteiger partial charge in [0.15, 0.2) is 0 Å². The molecule has 2 N–H and O–H groups in total. The number of carbonyl (C=O) groups excluding carboxylic acids is 2. The summed E-state index contributed by atoms with van der Waals surface area (Å²) >= 11 is 0. The van der Waals surface area contributed by atoms with E-state index in [1.165, 1.54) is 19.2 Å². The molecule has 0 atom stereocenters. The predicted octanol–water partition coefficient (Wildman–Crippen LogP) is 1.05. The zero-order valence-electron chi connectivity index (χ0n) is 10.5. The summed E-state index contributed by atoms with van der Waals surface area (Å²) in [6.07, 6.45) is 0. The van der Waals surface area contributed by atoms with Crippen molar-refractivity contribution in [1.82, 2.24) is 5.48 Å². The maximum Gasteiger partial charge on any atom is 0.376 e. The first kappa shape index (κ1) is 14.7.